The van der Waals surface area contributed by atoms with E-state index in [0.717, 1.165) is 34.3 Å². The van der Waals surface area contributed by atoms with Crippen molar-refractivity contribution in [2.45, 2.75) is 31.8 Å². The van der Waals surface area contributed by atoms with Gasteiger partial charge in [-0.2, -0.15) is 5.10 Å². The van der Waals surface area contributed by atoms with E-state index in [2.05, 4.69) is 10.1 Å². The predicted octanol–water partition coefficient (Wildman–Crippen LogP) is 4.83. The summed E-state index contributed by atoms with van der Waals surface area (Å²) in [6.45, 7) is -1.46. The van der Waals surface area contributed by atoms with Crippen LogP contribution in [0.1, 0.15) is 48.7 Å². The molecule has 1 aliphatic carbocycles. The van der Waals surface area contributed by atoms with E-state index in [4.69, 9.17) is 12.2 Å². The van der Waals surface area contributed by atoms with Crippen LogP contribution in [0.4, 0.5) is 4.39 Å². The molecule has 0 bridgehead atoms. The quantitative estimate of drug-likeness (QED) is 0.332. The number of halogens is 1. The molecule has 1 aliphatic heterocycles. The van der Waals surface area contributed by atoms with Gasteiger partial charge in [-0.25, -0.2) is 4.39 Å². The first-order valence-electron chi connectivity index (χ1n) is 13.0. The number of fused-ring (bicyclic) bond motifs is 2. The minimum atomic E-state index is -2.12. The maximum Gasteiger partial charge on any atom is 0.256 e. The maximum absolute atomic E-state index is 15.9. The van der Waals surface area contributed by atoms with Crippen LogP contribution in [-0.2, 0) is 24.8 Å². The Bertz CT molecular complexity index is 1570. The first-order valence-corrected chi connectivity index (χ1v) is 12.0. The van der Waals surface area contributed by atoms with Crippen LogP contribution in [0, 0.1) is 5.82 Å². The summed E-state index contributed by atoms with van der Waals surface area (Å²) in [7, 11) is 3.44. The summed E-state index contributed by atoms with van der Waals surface area (Å²) in [6.07, 6.45) is 5.20. The number of carbonyl (C=O) groups excluding carboxylic acids is 1. The number of ether oxygens (including phenoxy) is 2. The van der Waals surface area contributed by atoms with Crippen molar-refractivity contribution in [1.29, 1.82) is 0 Å². The Morgan fingerprint density at radius 3 is 2.83 bits per heavy atom. The summed E-state index contributed by atoms with van der Waals surface area (Å²) >= 11 is 0. The number of aromatic nitrogens is 3. The molecule has 1 amide bonds. The van der Waals surface area contributed by atoms with Crippen LogP contribution in [0.25, 0.3) is 22.0 Å². The van der Waals surface area contributed by atoms with Gasteiger partial charge in [0.15, 0.2) is 0 Å². The Kier molecular flexibility index (Phi) is 5.12. The number of rotatable bonds is 8. The third kappa shape index (κ3) is 4.01. The second kappa shape index (κ2) is 9.02. The fourth-order valence-corrected chi connectivity index (χ4v) is 4.80. The predicted molar refractivity (Wildman–Crippen MR) is 133 cm³/mol. The van der Waals surface area contributed by atoms with Crippen molar-refractivity contribution in [2.24, 2.45) is 7.05 Å². The normalized spacial score (nSPS) is 17.3. The summed E-state index contributed by atoms with van der Waals surface area (Å²) in [5.74, 6) is -0.146. The number of aryl methyl sites for hydroxylation is 1. The van der Waals surface area contributed by atoms with Gasteiger partial charge in [0.05, 0.1) is 27.1 Å². The van der Waals surface area contributed by atoms with Crippen LogP contribution < -0.4 is 4.74 Å². The zero-order valence-electron chi connectivity index (χ0n) is 22.1. The summed E-state index contributed by atoms with van der Waals surface area (Å²) < 4.78 is 45.7. The molecule has 6 rings (SSSR count). The number of benzene rings is 2. The zero-order valence-corrected chi connectivity index (χ0v) is 20.1. The largest absolute Gasteiger partial charge is 0.489 e. The van der Waals surface area contributed by atoms with Crippen LogP contribution in [0.5, 0.6) is 5.75 Å². The molecule has 1 fully saturated rings. The highest BCUT2D eigenvalue weighted by Gasteiger charge is 2.33. The van der Waals surface area contributed by atoms with E-state index in [1.165, 1.54) is 12.3 Å². The maximum atomic E-state index is 15.9. The van der Waals surface area contributed by atoms with Crippen molar-refractivity contribution in [2.75, 3.05) is 20.3 Å². The van der Waals surface area contributed by atoms with Gasteiger partial charge in [0, 0.05) is 44.0 Å². The molecule has 0 radical (unpaired) electrons. The number of amides is 1. The van der Waals surface area contributed by atoms with Gasteiger partial charge in [-0.3, -0.25) is 14.5 Å². The van der Waals surface area contributed by atoms with E-state index in [9.17, 15) is 4.79 Å². The second-order valence-corrected chi connectivity index (χ2v) is 9.22. The number of nitrogens with zero attached hydrogens (tertiary/aromatic N) is 4. The van der Waals surface area contributed by atoms with Crippen molar-refractivity contribution in [3.8, 4) is 16.9 Å². The number of pyridine rings is 1. The van der Waals surface area contributed by atoms with Crippen molar-refractivity contribution in [3.63, 3.8) is 0 Å². The molecule has 36 heavy (non-hydrogen) atoms. The molecule has 2 aliphatic rings. The molecule has 7 nitrogen and oxygen atoms in total. The zero-order chi connectivity index (χ0) is 26.6. The third-order valence-corrected chi connectivity index (χ3v) is 6.70. The smallest absolute Gasteiger partial charge is 0.256 e. The molecule has 4 aromatic rings. The highest BCUT2D eigenvalue weighted by Crippen LogP contribution is 2.45. The summed E-state index contributed by atoms with van der Waals surface area (Å²) in [4.78, 5) is 18.3. The Hall–Kier alpha value is -3.78. The highest BCUT2D eigenvalue weighted by atomic mass is 19.1. The average molecular weight is 489 g/mol. The molecule has 184 valence electrons. The summed E-state index contributed by atoms with van der Waals surface area (Å²) in [5.41, 5.74) is 3.66. The van der Waals surface area contributed by atoms with Gasteiger partial charge in [-0.05, 0) is 65.8 Å². The second-order valence-electron chi connectivity index (χ2n) is 9.22. The molecule has 3 heterocycles. The lowest BCUT2D eigenvalue weighted by molar-refractivity contribution is 0.0764. The lowest BCUT2D eigenvalue weighted by atomic mass is 9.94. The molecule has 0 unspecified atom stereocenters. The van der Waals surface area contributed by atoms with E-state index in [1.54, 1.807) is 23.9 Å². The monoisotopic (exact) mass is 488 g/mol. The first-order chi connectivity index (χ1) is 18.3. The number of hydrogen-bond donors (Lipinski definition) is 0. The van der Waals surface area contributed by atoms with Crippen molar-refractivity contribution < 1.29 is 21.4 Å². The van der Waals surface area contributed by atoms with E-state index < -0.39 is 18.2 Å². The molecule has 2 aromatic carbocycles. The Balaban J connectivity index is 1.40. The summed E-state index contributed by atoms with van der Waals surface area (Å²) in [5, 5.41) is 5.40. The molecule has 8 heteroatoms. The molecule has 0 atom stereocenters. The van der Waals surface area contributed by atoms with Gasteiger partial charge >= 0.3 is 0 Å². The molecule has 0 N–H and O–H groups in total. The van der Waals surface area contributed by atoms with Gasteiger partial charge in [0.25, 0.3) is 5.91 Å². The fourth-order valence-electron chi connectivity index (χ4n) is 4.80. The summed E-state index contributed by atoms with van der Waals surface area (Å²) in [6, 6.07) is 10.4. The topological polar surface area (TPSA) is 69.5 Å². The van der Waals surface area contributed by atoms with E-state index in [1.807, 2.05) is 31.4 Å². The van der Waals surface area contributed by atoms with Gasteiger partial charge in [-0.15, -0.1) is 0 Å². The lowest BCUT2D eigenvalue weighted by Gasteiger charge is -2.20. The third-order valence-electron chi connectivity index (χ3n) is 6.70. The van der Waals surface area contributed by atoms with Crippen LogP contribution in [0.3, 0.4) is 0 Å². The fraction of sp³-hybridized carbons (Fsp3) is 0.321. The SMILES string of the molecule is [2H]C1([2H])c2ncccc2C(=O)N1Cc1c(F)cc(-c2ccc(OCCOC)c3nn(C)cc23)cc1C1CC1. The standard InChI is InChI=1S/C28H27FN4O3/c1-32-14-23-19(7-8-26(27(23)31-32)36-11-10-35-2)18-12-21(17-5-6-17)22(24(29)13-18)15-33-16-25-20(28(33)34)4-3-9-30-25/h3-4,7-9,12-14,17H,5-6,10-11,15-16H2,1-2H3/i16D2. The van der Waals surface area contributed by atoms with Crippen molar-refractivity contribution >= 4 is 16.8 Å². The minimum absolute atomic E-state index is 0.0711. The molecular weight excluding hydrogens is 459 g/mol. The number of carbonyl (C=O) groups is 1. The average Bonchev–Trinajstić information content (AvgIpc) is 3.63. The molecule has 0 spiro atoms. The van der Waals surface area contributed by atoms with Gasteiger partial charge in [-0.1, -0.05) is 6.07 Å². The van der Waals surface area contributed by atoms with Gasteiger partial charge in [0.2, 0.25) is 0 Å². The Morgan fingerprint density at radius 1 is 1.19 bits per heavy atom. The number of hydrogen-bond acceptors (Lipinski definition) is 5. The molecular formula is C28H27FN4O3. The Morgan fingerprint density at radius 2 is 2.06 bits per heavy atom. The van der Waals surface area contributed by atoms with Crippen LogP contribution in [0.2, 0.25) is 0 Å². The molecule has 2 aromatic heterocycles. The highest BCUT2D eigenvalue weighted by molar-refractivity contribution is 5.98. The number of methoxy groups -OCH3 is 1. The van der Waals surface area contributed by atoms with E-state index >= 15 is 4.39 Å². The van der Waals surface area contributed by atoms with Gasteiger partial charge in [0.1, 0.15) is 23.7 Å². The first kappa shape index (κ1) is 20.4. The lowest BCUT2D eigenvalue weighted by Crippen LogP contribution is -2.24. The van der Waals surface area contributed by atoms with Crippen LogP contribution in [0.15, 0.2) is 48.8 Å². The van der Waals surface area contributed by atoms with Gasteiger partial charge < -0.3 is 14.4 Å². The van der Waals surface area contributed by atoms with Crippen LogP contribution >= 0.6 is 0 Å². The minimum Gasteiger partial charge on any atom is -0.489 e. The Labute approximate surface area is 211 Å². The van der Waals surface area contributed by atoms with E-state index in [0.29, 0.717) is 35.6 Å². The van der Waals surface area contributed by atoms with Crippen molar-refractivity contribution in [3.05, 3.63) is 77.0 Å². The molecule has 1 saturated carbocycles. The van der Waals surface area contributed by atoms with E-state index in [-0.39, 0.29) is 23.7 Å². The van der Waals surface area contributed by atoms with Crippen LogP contribution in [-0.4, -0.2) is 45.9 Å². The van der Waals surface area contributed by atoms with Crippen molar-refractivity contribution in [1.82, 2.24) is 19.7 Å². The molecule has 0 saturated heterocycles.